The zero-order chi connectivity index (χ0) is 23.8. The molecule has 0 bridgehead atoms. The molecule has 0 aliphatic carbocycles. The van der Waals surface area contributed by atoms with E-state index in [1.54, 1.807) is 24.3 Å². The maximum Gasteiger partial charge on any atom is 0.319 e. The number of halogens is 4. The van der Waals surface area contributed by atoms with Gasteiger partial charge in [0.1, 0.15) is 0 Å². The lowest BCUT2D eigenvalue weighted by atomic mass is 9.95. The number of carbonyl (C=O) groups excluding carboxylic acids is 1. The summed E-state index contributed by atoms with van der Waals surface area (Å²) < 4.78 is 0. The Kier molecular flexibility index (Phi) is 10.4. The van der Waals surface area contributed by atoms with Crippen molar-refractivity contribution in [2.24, 2.45) is 0 Å². The first-order valence-electron chi connectivity index (χ1n) is 11.2. The van der Waals surface area contributed by atoms with Gasteiger partial charge in [-0.15, -0.1) is 0 Å². The van der Waals surface area contributed by atoms with Gasteiger partial charge in [0.05, 0.1) is 20.1 Å². The quantitative estimate of drug-likeness (QED) is 0.300. The van der Waals surface area contributed by atoms with Crippen LogP contribution in [0.1, 0.15) is 37.2 Å². The molecule has 0 radical (unpaired) electrons. The summed E-state index contributed by atoms with van der Waals surface area (Å²) in [7, 11) is 2.20. The van der Waals surface area contributed by atoms with Crippen molar-refractivity contribution < 1.29 is 4.79 Å². The summed E-state index contributed by atoms with van der Waals surface area (Å²) in [5.74, 6) is 0.0842. The van der Waals surface area contributed by atoms with Crippen LogP contribution in [0.25, 0.3) is 0 Å². The smallest absolute Gasteiger partial charge is 0.319 e. The molecular weight excluding hydrogens is 502 g/mol. The SMILES string of the molecule is CN1CCCC1CCNCCC(CNC(=O)Nc1ccc(Cl)c(Cl)c1)c1ccc(Cl)c(Cl)c1. The Labute approximate surface area is 216 Å². The topological polar surface area (TPSA) is 56.4 Å². The Bertz CT molecular complexity index is 943. The molecule has 180 valence electrons. The fraction of sp³-hybridized carbons (Fsp3) is 0.458. The highest BCUT2D eigenvalue weighted by molar-refractivity contribution is 6.42. The van der Waals surface area contributed by atoms with Gasteiger partial charge in [0.2, 0.25) is 0 Å². The monoisotopic (exact) mass is 530 g/mol. The predicted octanol–water partition coefficient (Wildman–Crippen LogP) is 6.67. The third kappa shape index (κ3) is 8.20. The Morgan fingerprint density at radius 1 is 1.03 bits per heavy atom. The molecule has 0 saturated carbocycles. The summed E-state index contributed by atoms with van der Waals surface area (Å²) in [5, 5.41) is 11.2. The number of carbonyl (C=O) groups is 1. The minimum Gasteiger partial charge on any atom is -0.337 e. The van der Waals surface area contributed by atoms with Crippen molar-refractivity contribution in [3.8, 4) is 0 Å². The number of rotatable bonds is 10. The first kappa shape index (κ1) is 26.4. The Hall–Kier alpha value is -1.21. The predicted molar refractivity (Wildman–Crippen MR) is 140 cm³/mol. The second-order valence-corrected chi connectivity index (χ2v) is 10.1. The number of urea groups is 1. The molecule has 1 heterocycles. The largest absolute Gasteiger partial charge is 0.337 e. The first-order valence-corrected chi connectivity index (χ1v) is 12.7. The third-order valence-corrected chi connectivity index (χ3v) is 7.58. The lowest BCUT2D eigenvalue weighted by Gasteiger charge is -2.21. The highest BCUT2D eigenvalue weighted by Gasteiger charge is 2.20. The zero-order valence-electron chi connectivity index (χ0n) is 18.6. The normalized spacial score (nSPS) is 17.2. The number of nitrogens with one attached hydrogen (secondary N) is 3. The van der Waals surface area contributed by atoms with Crippen LogP contribution in [0.3, 0.4) is 0 Å². The minimum atomic E-state index is -0.310. The Balaban J connectivity index is 1.52. The number of likely N-dealkylation sites (tertiary alicyclic amines) is 1. The van der Waals surface area contributed by atoms with Gasteiger partial charge in [0.15, 0.2) is 0 Å². The van der Waals surface area contributed by atoms with Gasteiger partial charge in [-0.05, 0) is 88.3 Å². The number of hydrogen-bond acceptors (Lipinski definition) is 3. The van der Waals surface area contributed by atoms with Crippen molar-refractivity contribution >= 4 is 58.1 Å². The van der Waals surface area contributed by atoms with Crippen LogP contribution in [-0.4, -0.2) is 50.2 Å². The summed E-state index contributed by atoms with van der Waals surface area (Å²) in [5.41, 5.74) is 1.61. The third-order valence-electron chi connectivity index (χ3n) is 6.10. The number of nitrogens with zero attached hydrogens (tertiary/aromatic N) is 1. The van der Waals surface area contributed by atoms with E-state index in [0.29, 0.717) is 38.4 Å². The molecule has 2 aromatic carbocycles. The summed E-state index contributed by atoms with van der Waals surface area (Å²) >= 11 is 24.3. The number of anilines is 1. The van der Waals surface area contributed by atoms with Crippen molar-refractivity contribution in [1.82, 2.24) is 15.5 Å². The molecule has 3 N–H and O–H groups in total. The second-order valence-electron chi connectivity index (χ2n) is 8.44. The van der Waals surface area contributed by atoms with Crippen LogP contribution < -0.4 is 16.0 Å². The molecule has 1 aliphatic rings. The molecule has 1 fully saturated rings. The van der Waals surface area contributed by atoms with Crippen LogP contribution >= 0.6 is 46.4 Å². The van der Waals surface area contributed by atoms with Crippen LogP contribution in [0.4, 0.5) is 10.5 Å². The molecule has 2 aromatic rings. The van der Waals surface area contributed by atoms with E-state index in [-0.39, 0.29) is 11.9 Å². The lowest BCUT2D eigenvalue weighted by molar-refractivity contribution is 0.251. The van der Waals surface area contributed by atoms with Gasteiger partial charge in [-0.2, -0.15) is 0 Å². The molecule has 0 spiro atoms. The maximum absolute atomic E-state index is 12.5. The molecule has 2 amide bonds. The maximum atomic E-state index is 12.5. The second kappa shape index (κ2) is 13.0. The van der Waals surface area contributed by atoms with Crippen LogP contribution in [0.2, 0.25) is 20.1 Å². The molecule has 2 unspecified atom stereocenters. The number of benzene rings is 2. The van der Waals surface area contributed by atoms with Gasteiger partial charge in [0.25, 0.3) is 0 Å². The van der Waals surface area contributed by atoms with Crippen molar-refractivity contribution in [1.29, 1.82) is 0 Å². The van der Waals surface area contributed by atoms with E-state index in [1.165, 1.54) is 19.4 Å². The molecule has 1 aliphatic heterocycles. The molecule has 1 saturated heterocycles. The van der Waals surface area contributed by atoms with Crippen molar-refractivity contribution in [3.05, 3.63) is 62.1 Å². The van der Waals surface area contributed by atoms with Crippen molar-refractivity contribution in [2.45, 2.75) is 37.6 Å². The van der Waals surface area contributed by atoms with E-state index in [1.807, 2.05) is 12.1 Å². The van der Waals surface area contributed by atoms with Crippen LogP contribution in [-0.2, 0) is 0 Å². The van der Waals surface area contributed by atoms with Gasteiger partial charge in [-0.1, -0.05) is 52.5 Å². The van der Waals surface area contributed by atoms with E-state index in [0.717, 1.165) is 31.5 Å². The van der Waals surface area contributed by atoms with E-state index in [9.17, 15) is 4.79 Å². The first-order chi connectivity index (χ1) is 15.8. The molecule has 0 aromatic heterocycles. The highest BCUT2D eigenvalue weighted by atomic mass is 35.5. The average molecular weight is 532 g/mol. The molecule has 33 heavy (non-hydrogen) atoms. The van der Waals surface area contributed by atoms with Gasteiger partial charge in [0, 0.05) is 24.2 Å². The lowest BCUT2D eigenvalue weighted by Crippen LogP contribution is -2.34. The van der Waals surface area contributed by atoms with Crippen molar-refractivity contribution in [2.75, 3.05) is 38.5 Å². The molecule has 9 heteroatoms. The van der Waals surface area contributed by atoms with Crippen LogP contribution in [0.5, 0.6) is 0 Å². The van der Waals surface area contributed by atoms with Crippen LogP contribution in [0.15, 0.2) is 36.4 Å². The molecule has 2 atom stereocenters. The fourth-order valence-corrected chi connectivity index (χ4v) is 4.74. The van der Waals surface area contributed by atoms with E-state index in [4.69, 9.17) is 46.4 Å². The van der Waals surface area contributed by atoms with Gasteiger partial charge in [-0.3, -0.25) is 0 Å². The summed E-state index contributed by atoms with van der Waals surface area (Å²) in [6.45, 7) is 3.48. The van der Waals surface area contributed by atoms with Gasteiger partial charge >= 0.3 is 6.03 Å². The summed E-state index contributed by atoms with van der Waals surface area (Å²) in [4.78, 5) is 14.9. The highest BCUT2D eigenvalue weighted by Crippen LogP contribution is 2.28. The van der Waals surface area contributed by atoms with Gasteiger partial charge < -0.3 is 20.9 Å². The standard InChI is InChI=1S/C24H30Cl4N4O/c1-32-12-2-3-19(32)9-11-29-10-8-17(16-4-6-20(25)22(27)13-16)15-30-24(33)31-18-5-7-21(26)23(28)14-18/h4-7,13-14,17,19,29H,2-3,8-12,15H2,1H3,(H2,30,31,33). The molecule has 3 rings (SSSR count). The minimum absolute atomic E-state index is 0.0842. The summed E-state index contributed by atoms with van der Waals surface area (Å²) in [6.07, 6.45) is 4.57. The average Bonchev–Trinajstić information content (AvgIpc) is 3.19. The van der Waals surface area contributed by atoms with E-state index < -0.39 is 0 Å². The van der Waals surface area contributed by atoms with E-state index >= 15 is 0 Å². The van der Waals surface area contributed by atoms with Gasteiger partial charge in [-0.25, -0.2) is 4.79 Å². The summed E-state index contributed by atoms with van der Waals surface area (Å²) in [6, 6.07) is 11.0. The number of amides is 2. The Morgan fingerprint density at radius 2 is 1.76 bits per heavy atom. The van der Waals surface area contributed by atoms with Crippen LogP contribution in [0, 0.1) is 0 Å². The zero-order valence-corrected chi connectivity index (χ0v) is 21.7. The molecular formula is C24H30Cl4N4O. The fourth-order valence-electron chi connectivity index (χ4n) is 4.13. The number of hydrogen-bond donors (Lipinski definition) is 3. The Morgan fingerprint density at radius 3 is 2.42 bits per heavy atom. The van der Waals surface area contributed by atoms with Crippen molar-refractivity contribution in [3.63, 3.8) is 0 Å². The van der Waals surface area contributed by atoms with E-state index in [2.05, 4.69) is 27.9 Å². The molecule has 5 nitrogen and oxygen atoms in total.